The van der Waals surface area contributed by atoms with Crippen molar-refractivity contribution in [3.63, 3.8) is 0 Å². The fraction of sp³-hybridized carbons (Fsp3) is 1.00. The Morgan fingerprint density at radius 1 is 0.267 bits per heavy atom. The van der Waals surface area contributed by atoms with Crippen molar-refractivity contribution in [1.29, 1.82) is 0 Å². The lowest BCUT2D eigenvalue weighted by atomic mass is 11.0. The van der Waals surface area contributed by atoms with Crippen molar-refractivity contribution in [3.05, 3.63) is 0 Å². The summed E-state index contributed by atoms with van der Waals surface area (Å²) >= 11 is 0. The van der Waals surface area contributed by atoms with Crippen molar-refractivity contribution in [2.45, 2.75) is 97.9 Å². The Bertz CT molecular complexity index is 5.30. The quantitative estimate of drug-likeness (QED) is 0.414. The molecule has 0 nitrogen and oxygen atoms in total. The van der Waals surface area contributed by atoms with E-state index in [1.165, 1.54) is 0 Å². The topological polar surface area (TPSA) is 0 Å². The monoisotopic (exact) mass is 246 g/mol. The summed E-state index contributed by atoms with van der Waals surface area (Å²) in [5.74, 6) is 0. The zero-order chi connectivity index (χ0) is 12.0. The molecule has 0 aliphatic rings. The van der Waals surface area contributed by atoms with Gasteiger partial charge in [-0.1, -0.05) is 97.9 Å². The van der Waals surface area contributed by atoms with Gasteiger partial charge in [-0.25, -0.2) is 0 Å². The van der Waals surface area contributed by atoms with E-state index in [4.69, 9.17) is 0 Å². The molecule has 0 aromatic heterocycles. The van der Waals surface area contributed by atoms with Gasteiger partial charge in [0.25, 0.3) is 0 Å². The average Bonchev–Trinajstić information content (AvgIpc) is 2.33. The summed E-state index contributed by atoms with van der Waals surface area (Å²) in [5.41, 5.74) is 0. The molecule has 0 aromatic carbocycles. The standard InChI is InChI=1S/6C2H6.2CH4.H2S/c6*1-2;;;/h6*1-2H3;2*1H4;1H2. The molecule has 0 amide bonds. The van der Waals surface area contributed by atoms with Crippen LogP contribution in [0.25, 0.3) is 0 Å². The Labute approximate surface area is 112 Å². The van der Waals surface area contributed by atoms with Crippen LogP contribution in [0.2, 0.25) is 0 Å². The Morgan fingerprint density at radius 2 is 0.267 bits per heavy atom. The molecule has 0 heterocycles. The van der Waals surface area contributed by atoms with Gasteiger partial charge in [-0.05, 0) is 0 Å². The molecule has 0 N–H and O–H groups in total. The molecule has 0 atom stereocenters. The summed E-state index contributed by atoms with van der Waals surface area (Å²) < 4.78 is 0. The summed E-state index contributed by atoms with van der Waals surface area (Å²) in [5, 5.41) is 0. The van der Waals surface area contributed by atoms with Gasteiger partial charge in [0.05, 0.1) is 0 Å². The van der Waals surface area contributed by atoms with E-state index < -0.39 is 0 Å². The van der Waals surface area contributed by atoms with E-state index in [-0.39, 0.29) is 28.3 Å². The van der Waals surface area contributed by atoms with Gasteiger partial charge in [0.2, 0.25) is 0 Å². The van der Waals surface area contributed by atoms with Gasteiger partial charge in [0.15, 0.2) is 0 Å². The Hall–Kier alpha value is 0.350. The van der Waals surface area contributed by atoms with Crippen LogP contribution in [-0.4, -0.2) is 0 Å². The molecule has 0 fully saturated rings. The molecule has 0 saturated carbocycles. The third-order valence-corrected chi connectivity index (χ3v) is 0. The average molecular weight is 247 g/mol. The maximum atomic E-state index is 2.00. The number of rotatable bonds is 0. The highest BCUT2D eigenvalue weighted by Crippen LogP contribution is 1.15. The van der Waals surface area contributed by atoms with Crippen LogP contribution >= 0.6 is 13.5 Å². The van der Waals surface area contributed by atoms with Gasteiger partial charge >= 0.3 is 0 Å². The van der Waals surface area contributed by atoms with Gasteiger partial charge < -0.3 is 0 Å². The van der Waals surface area contributed by atoms with Gasteiger partial charge in [0, 0.05) is 0 Å². The second-order valence-electron chi connectivity index (χ2n) is 0. The van der Waals surface area contributed by atoms with E-state index >= 15 is 0 Å². The minimum atomic E-state index is 0. The second kappa shape index (κ2) is 20900. The zero-order valence-electron chi connectivity index (χ0n) is 12.5. The first-order chi connectivity index (χ1) is 6.00. The van der Waals surface area contributed by atoms with Crippen molar-refractivity contribution in [1.82, 2.24) is 0 Å². The summed E-state index contributed by atoms with van der Waals surface area (Å²) in [6.07, 6.45) is 0. The van der Waals surface area contributed by atoms with Crippen molar-refractivity contribution >= 4 is 13.5 Å². The smallest absolute Gasteiger partial charge is 0.0683 e. The molecule has 0 aliphatic carbocycles. The van der Waals surface area contributed by atoms with E-state index in [2.05, 4.69) is 0 Å². The highest BCUT2D eigenvalue weighted by Gasteiger charge is 0.942. The molecular weight excluding hydrogens is 200 g/mol. The van der Waals surface area contributed by atoms with Gasteiger partial charge in [-0.15, -0.1) is 0 Å². The summed E-state index contributed by atoms with van der Waals surface area (Å²) in [4.78, 5) is 0. The lowest BCUT2D eigenvalue weighted by Crippen LogP contribution is -0.856. The molecule has 0 unspecified atom stereocenters. The fourth-order valence-corrected chi connectivity index (χ4v) is 0. The molecule has 0 saturated heterocycles. The van der Waals surface area contributed by atoms with Crippen LogP contribution in [-0.2, 0) is 0 Å². The van der Waals surface area contributed by atoms with E-state index in [0.29, 0.717) is 0 Å². The lowest BCUT2D eigenvalue weighted by Gasteiger charge is -1.07. The van der Waals surface area contributed by atoms with Crippen LogP contribution < -0.4 is 0 Å². The summed E-state index contributed by atoms with van der Waals surface area (Å²) in [6.45, 7) is 24.0. The van der Waals surface area contributed by atoms with Crippen molar-refractivity contribution < 1.29 is 0 Å². The van der Waals surface area contributed by atoms with E-state index in [1.807, 2.05) is 83.1 Å². The molecular formula is C14H46S. The number of hydrogen-bond acceptors (Lipinski definition) is 0. The highest BCUT2D eigenvalue weighted by atomic mass is 32.1. The molecule has 0 bridgehead atoms. The first-order valence-electron chi connectivity index (χ1n) is 6.00. The predicted octanol–water partition coefficient (Wildman–Crippen LogP) is 7.54. The summed E-state index contributed by atoms with van der Waals surface area (Å²) in [7, 11) is 0. The maximum absolute atomic E-state index is 2.00. The maximum Gasteiger partial charge on any atom is -0.0683 e. The van der Waals surface area contributed by atoms with Crippen LogP contribution in [0.3, 0.4) is 0 Å². The molecule has 0 aromatic rings. The van der Waals surface area contributed by atoms with Crippen LogP contribution in [0.15, 0.2) is 0 Å². The summed E-state index contributed by atoms with van der Waals surface area (Å²) in [6, 6.07) is 0. The molecule has 108 valence electrons. The largest absolute Gasteiger partial charge is 0.197 e. The van der Waals surface area contributed by atoms with E-state index in [1.54, 1.807) is 0 Å². The fourth-order valence-electron chi connectivity index (χ4n) is 0. The van der Waals surface area contributed by atoms with Crippen molar-refractivity contribution in [2.75, 3.05) is 0 Å². The molecule has 15 heavy (non-hydrogen) atoms. The molecule has 0 aliphatic heterocycles. The molecule has 0 spiro atoms. The SMILES string of the molecule is C.C.CC.CC.CC.CC.CC.CC.S. The Kier molecular flexibility index (Phi) is 109000. The zero-order valence-corrected chi connectivity index (χ0v) is 13.5. The Morgan fingerprint density at radius 3 is 0.267 bits per heavy atom. The van der Waals surface area contributed by atoms with Crippen LogP contribution in [0.1, 0.15) is 97.9 Å². The minimum Gasteiger partial charge on any atom is -0.197 e. The first kappa shape index (κ1) is 78.4. The number of hydrogen-bond donors (Lipinski definition) is 0. The highest BCUT2D eigenvalue weighted by molar-refractivity contribution is 7.59. The molecule has 0 rings (SSSR count). The van der Waals surface area contributed by atoms with Crippen molar-refractivity contribution in [2.24, 2.45) is 0 Å². The third-order valence-electron chi connectivity index (χ3n) is 0. The molecule has 1 heteroatoms. The van der Waals surface area contributed by atoms with Crippen molar-refractivity contribution in [3.8, 4) is 0 Å². The first-order valence-corrected chi connectivity index (χ1v) is 6.00. The van der Waals surface area contributed by atoms with E-state index in [9.17, 15) is 0 Å². The lowest BCUT2D eigenvalue weighted by molar-refractivity contribution is 1.50. The second-order valence-corrected chi connectivity index (χ2v) is 0. The van der Waals surface area contributed by atoms with Crippen LogP contribution in [0.4, 0.5) is 0 Å². The normalized spacial score (nSPS) is 2.40. The predicted molar refractivity (Wildman–Crippen MR) is 91.9 cm³/mol. The van der Waals surface area contributed by atoms with E-state index in [0.717, 1.165) is 0 Å². The third kappa shape index (κ3) is 17900. The van der Waals surface area contributed by atoms with Gasteiger partial charge in [0.1, 0.15) is 0 Å². The molecule has 0 radical (unpaired) electrons. The Balaban J connectivity index is -0.00000000396. The van der Waals surface area contributed by atoms with Crippen LogP contribution in [0, 0.1) is 0 Å². The minimum absolute atomic E-state index is 0. The van der Waals surface area contributed by atoms with Gasteiger partial charge in [-0.3, -0.25) is 0 Å². The van der Waals surface area contributed by atoms with Crippen LogP contribution in [0.5, 0.6) is 0 Å². The van der Waals surface area contributed by atoms with Gasteiger partial charge in [-0.2, -0.15) is 13.5 Å².